The molecule has 0 rings (SSSR count). The van der Waals surface area contributed by atoms with Gasteiger partial charge >= 0.3 is 0 Å². The van der Waals surface area contributed by atoms with Crippen molar-refractivity contribution < 1.29 is 61.3 Å². The van der Waals surface area contributed by atoms with Crippen LogP contribution in [0.1, 0.15) is 231 Å². The smallest absolute Gasteiger partial charge is 0.242 e. The summed E-state index contributed by atoms with van der Waals surface area (Å²) in [6, 6.07) is -2.35. The highest BCUT2D eigenvalue weighted by Crippen LogP contribution is 2.12. The Morgan fingerprint density at radius 3 is 0.792 bits per heavy atom. The predicted molar refractivity (Wildman–Crippen MR) is 302 cm³/mol. The molecule has 0 bridgehead atoms. The lowest BCUT2D eigenvalue weighted by Gasteiger charge is -2.19. The molecule has 0 aliphatic carbocycles. The first-order valence-corrected chi connectivity index (χ1v) is 30.5. The second-order valence-electron chi connectivity index (χ2n) is 21.0. The summed E-state index contributed by atoms with van der Waals surface area (Å²) in [7, 11) is 0. The van der Waals surface area contributed by atoms with Crippen LogP contribution in [-0.4, -0.2) is 124 Å². The third-order valence-electron chi connectivity index (χ3n) is 13.9. The van der Waals surface area contributed by atoms with E-state index in [2.05, 4.69) is 60.2 Å². The number of hydrogen-bond donors (Lipinski definition) is 13. The topological polar surface area (TPSA) is 383 Å². The molecule has 0 heterocycles. The summed E-state index contributed by atoms with van der Waals surface area (Å²) in [5, 5.41) is 20.6. The number of primary amides is 1. The Kier molecular flexibility index (Phi) is 49.3. The number of hydrogen-bond acceptors (Lipinski definition) is 9. The average molecular weight is 1100 g/mol. The van der Waals surface area contributed by atoms with Crippen molar-refractivity contribution in [3.8, 4) is 0 Å². The van der Waals surface area contributed by atoms with Crippen molar-refractivity contribution in [1.29, 1.82) is 0 Å². The van der Waals surface area contributed by atoms with Gasteiger partial charge in [-0.15, -0.1) is 0 Å². The van der Waals surface area contributed by atoms with Crippen molar-refractivity contribution in [3.05, 3.63) is 0 Å². The third kappa shape index (κ3) is 44.1. The first-order chi connectivity index (χ1) is 37.3. The quantitative estimate of drug-likeness (QED) is 0.0382. The summed E-state index contributed by atoms with van der Waals surface area (Å²) in [4.78, 5) is 102. The van der Waals surface area contributed by atoms with E-state index in [1.807, 2.05) is 0 Å². The highest BCUT2D eigenvalue weighted by Gasteiger charge is 2.23. The lowest BCUT2D eigenvalue weighted by Crippen LogP contribution is -2.50. The molecule has 4 unspecified atom stereocenters. The van der Waals surface area contributed by atoms with Gasteiger partial charge in [0, 0.05) is 45.3 Å². The van der Waals surface area contributed by atoms with Gasteiger partial charge in [0.25, 0.3) is 0 Å². The molecule has 0 aromatic carbocycles. The minimum atomic E-state index is -0.639. The van der Waals surface area contributed by atoms with Gasteiger partial charge in [-0.05, 0) is 135 Å². The van der Waals surface area contributed by atoms with E-state index in [1.54, 1.807) is 0 Å². The van der Waals surface area contributed by atoms with Crippen LogP contribution in [0.15, 0.2) is 0 Å². The molecule has 0 aliphatic rings. The number of quaternary nitrogens is 4. The van der Waals surface area contributed by atoms with Crippen molar-refractivity contribution in [2.24, 2.45) is 11.5 Å². The fourth-order valence-electron chi connectivity index (χ4n) is 9.05. The second kappa shape index (κ2) is 52.3. The molecule has 21 heteroatoms. The normalized spacial score (nSPS) is 12.7. The zero-order valence-electron chi connectivity index (χ0n) is 48.2. The van der Waals surface area contributed by atoms with Gasteiger partial charge in [-0.25, -0.2) is 0 Å². The fourth-order valence-corrected chi connectivity index (χ4v) is 9.05. The van der Waals surface area contributed by atoms with Crippen molar-refractivity contribution >= 4 is 47.3 Å². The van der Waals surface area contributed by atoms with Gasteiger partial charge in [0.1, 0.15) is 24.2 Å². The molecular formula is C56H115N13O8+4. The van der Waals surface area contributed by atoms with Crippen LogP contribution >= 0.6 is 0 Å². The summed E-state index contributed by atoms with van der Waals surface area (Å²) in [6.45, 7) is 5.34. The number of nitrogens with two attached hydrogens (primary N) is 2. The number of carbonyl (C=O) groups excluding carboxylic acids is 8. The molecule has 0 spiro atoms. The zero-order valence-corrected chi connectivity index (χ0v) is 48.2. The Morgan fingerprint density at radius 1 is 0.299 bits per heavy atom. The van der Waals surface area contributed by atoms with Crippen molar-refractivity contribution in [3.63, 3.8) is 0 Å². The molecule has 0 saturated carbocycles. The molecule has 0 saturated heterocycles. The highest BCUT2D eigenvalue weighted by molar-refractivity contribution is 5.89. The van der Waals surface area contributed by atoms with Gasteiger partial charge in [0.2, 0.25) is 47.3 Å². The van der Waals surface area contributed by atoms with E-state index in [9.17, 15) is 38.4 Å². The van der Waals surface area contributed by atoms with Gasteiger partial charge in [-0.2, -0.15) is 0 Å². The first kappa shape index (κ1) is 72.6. The van der Waals surface area contributed by atoms with Crippen molar-refractivity contribution in [1.82, 2.24) is 37.2 Å². The average Bonchev–Trinajstić information content (AvgIpc) is 3.40. The number of amides is 8. The van der Waals surface area contributed by atoms with Crippen LogP contribution in [0, 0.1) is 0 Å². The van der Waals surface area contributed by atoms with Crippen LogP contribution < -0.4 is 71.6 Å². The molecular weight excluding hydrogens is 983 g/mol. The molecule has 4 atom stereocenters. The Morgan fingerprint density at radius 2 is 0.532 bits per heavy atom. The van der Waals surface area contributed by atoms with Gasteiger partial charge in [0.05, 0.1) is 26.2 Å². The maximum atomic E-state index is 13.2. The van der Waals surface area contributed by atoms with Crippen molar-refractivity contribution in [2.75, 3.05) is 52.4 Å². The summed E-state index contributed by atoms with van der Waals surface area (Å²) in [5.41, 5.74) is 26.5. The highest BCUT2D eigenvalue weighted by atomic mass is 16.2. The van der Waals surface area contributed by atoms with E-state index in [4.69, 9.17) is 11.5 Å². The van der Waals surface area contributed by atoms with Crippen molar-refractivity contribution in [2.45, 2.75) is 255 Å². The van der Waals surface area contributed by atoms with E-state index < -0.39 is 30.1 Å². The van der Waals surface area contributed by atoms with E-state index >= 15 is 0 Å². The van der Waals surface area contributed by atoms with E-state index in [0.29, 0.717) is 96.8 Å². The Bertz CT molecular complexity index is 1560. The largest absolute Gasteiger partial charge is 0.368 e. The lowest BCUT2D eigenvalue weighted by atomic mass is 10.1. The minimum absolute atomic E-state index is 0.0784. The summed E-state index contributed by atoms with van der Waals surface area (Å²) in [5.74, 6) is -1.50. The molecule has 448 valence electrons. The number of carbonyl (C=O) groups is 8. The molecule has 0 radical (unpaired) electrons. The van der Waals surface area contributed by atoms with Crippen LogP contribution in [0.2, 0.25) is 0 Å². The molecule has 23 N–H and O–H groups in total. The van der Waals surface area contributed by atoms with Crippen LogP contribution in [0.4, 0.5) is 0 Å². The second-order valence-corrected chi connectivity index (χ2v) is 21.0. The lowest BCUT2D eigenvalue weighted by molar-refractivity contribution is -0.368. The third-order valence-corrected chi connectivity index (χ3v) is 13.9. The molecule has 0 aliphatic heterocycles. The SMILES string of the molecule is NCCCCCCCC(=O)NC(CCCC[NH3+])C(=O)NCCCCCCCC(=O)NC(CCCC[NH3+])C(=O)NCCCCCCCC(=O)NC(CCCC[NH3+])C(=O)NCCCCCCCC(=O)NC(CCCC[NH3+])C(N)=O. The van der Waals surface area contributed by atoms with Crippen LogP contribution in [0.3, 0.4) is 0 Å². The molecule has 21 nitrogen and oxygen atoms in total. The molecule has 0 fully saturated rings. The monoisotopic (exact) mass is 1100 g/mol. The number of unbranched alkanes of at least 4 members (excludes halogenated alkanes) is 20. The maximum absolute atomic E-state index is 13.2. The Hall–Kier alpha value is -4.44. The zero-order chi connectivity index (χ0) is 57.0. The molecule has 0 aromatic rings. The minimum Gasteiger partial charge on any atom is -0.368 e. The number of rotatable bonds is 55. The standard InChI is InChI=1S/C56H111N13O8/c57-37-21-9-1-5-13-34-50(71)67-46(30-18-23-39-59)54(75)64-43-27-11-3-7-15-36-52(73)69-48(32-20-25-41-61)56(77)65-44-28-12-4-8-16-35-51(72)68-47(31-19-24-40-60)55(76)63-42-26-10-2-6-14-33-49(70)66-45(53(62)74)29-17-22-38-58/h45-48H,1-44,57-61H2,(H2,62,74)(H,63,76)(H,64,75)(H,65,77)(H,66,70)(H,67,71)(H,68,72)(H,69,73)/p+4. The van der Waals surface area contributed by atoms with Crippen LogP contribution in [0.5, 0.6) is 0 Å². The van der Waals surface area contributed by atoms with E-state index in [-0.39, 0.29) is 41.4 Å². The van der Waals surface area contributed by atoms with Gasteiger partial charge < -0.3 is 71.6 Å². The molecule has 8 amide bonds. The molecule has 77 heavy (non-hydrogen) atoms. The van der Waals surface area contributed by atoms with Crippen LogP contribution in [0.25, 0.3) is 0 Å². The fraction of sp³-hybridized carbons (Fsp3) is 0.857. The van der Waals surface area contributed by atoms with E-state index in [1.165, 1.54) is 0 Å². The predicted octanol–water partition coefficient (Wildman–Crippen LogP) is 0.729. The summed E-state index contributed by atoms with van der Waals surface area (Å²) < 4.78 is 0. The Labute approximate surface area is 463 Å². The van der Waals surface area contributed by atoms with Gasteiger partial charge in [-0.1, -0.05) is 77.0 Å². The summed E-state index contributed by atoms with van der Waals surface area (Å²) in [6.07, 6.45) is 27.9. The maximum Gasteiger partial charge on any atom is 0.242 e. The summed E-state index contributed by atoms with van der Waals surface area (Å²) >= 11 is 0. The van der Waals surface area contributed by atoms with Gasteiger partial charge in [-0.3, -0.25) is 38.4 Å². The first-order valence-electron chi connectivity index (χ1n) is 30.5. The number of nitrogens with one attached hydrogen (secondary N) is 7. The molecule has 0 aromatic heterocycles. The van der Waals surface area contributed by atoms with Crippen LogP contribution in [-0.2, 0) is 38.4 Å². The van der Waals surface area contributed by atoms with Gasteiger partial charge in [0.15, 0.2) is 0 Å². The Balaban J connectivity index is 4.47. The van der Waals surface area contributed by atoms with E-state index in [0.717, 1.165) is 187 Å².